The summed E-state index contributed by atoms with van der Waals surface area (Å²) in [6, 6.07) is 11.7. The first-order valence-electron chi connectivity index (χ1n) is 8.80. The number of benzene rings is 2. The maximum absolute atomic E-state index is 12.3. The number of hydrogen-bond donors (Lipinski definition) is 1. The van der Waals surface area contributed by atoms with Gasteiger partial charge in [0.1, 0.15) is 0 Å². The van der Waals surface area contributed by atoms with Crippen LogP contribution >= 0.6 is 0 Å². The number of nitrogens with one attached hydrogen (secondary N) is 1. The molecule has 28 heavy (non-hydrogen) atoms. The summed E-state index contributed by atoms with van der Waals surface area (Å²) in [5.41, 5.74) is 5.86. The number of nitro benzene ring substituents is 1. The van der Waals surface area contributed by atoms with Gasteiger partial charge >= 0.3 is 0 Å². The molecule has 0 aromatic heterocycles. The van der Waals surface area contributed by atoms with E-state index in [0.717, 1.165) is 16.8 Å². The smallest absolute Gasteiger partial charge is 0.270 e. The Bertz CT molecular complexity index is 970. The van der Waals surface area contributed by atoms with E-state index in [1.807, 2.05) is 32.0 Å². The summed E-state index contributed by atoms with van der Waals surface area (Å²) in [4.78, 5) is 36.6. The minimum absolute atomic E-state index is 0.0549. The molecule has 1 saturated heterocycles. The average molecular weight is 380 g/mol. The fraction of sp³-hybridized carbons (Fsp3) is 0.250. The summed E-state index contributed by atoms with van der Waals surface area (Å²) >= 11 is 0. The first kappa shape index (κ1) is 19.2. The molecule has 0 saturated carbocycles. The van der Waals surface area contributed by atoms with E-state index in [9.17, 15) is 19.7 Å². The predicted molar refractivity (Wildman–Crippen MR) is 105 cm³/mol. The molecule has 8 nitrogen and oxygen atoms in total. The zero-order valence-electron chi connectivity index (χ0n) is 15.6. The Morgan fingerprint density at radius 3 is 2.75 bits per heavy atom. The maximum atomic E-state index is 12.3. The first-order chi connectivity index (χ1) is 13.3. The van der Waals surface area contributed by atoms with Crippen molar-refractivity contribution >= 4 is 29.4 Å². The van der Waals surface area contributed by atoms with E-state index in [1.165, 1.54) is 18.3 Å². The lowest BCUT2D eigenvalue weighted by Crippen LogP contribution is -2.30. The molecule has 1 fully saturated rings. The molecule has 0 radical (unpaired) electrons. The fourth-order valence-electron chi connectivity index (χ4n) is 3.01. The number of nitrogens with zero attached hydrogens (tertiary/aromatic N) is 3. The molecule has 0 aliphatic carbocycles. The van der Waals surface area contributed by atoms with Gasteiger partial charge in [-0.2, -0.15) is 5.10 Å². The molecule has 0 spiro atoms. The number of aryl methyl sites for hydroxylation is 2. The van der Waals surface area contributed by atoms with Crippen molar-refractivity contribution in [3.05, 3.63) is 69.3 Å². The first-order valence-corrected chi connectivity index (χ1v) is 8.80. The van der Waals surface area contributed by atoms with Crippen molar-refractivity contribution in [3.8, 4) is 0 Å². The number of non-ortho nitro benzene ring substituents is 1. The maximum Gasteiger partial charge on any atom is 0.270 e. The number of amides is 2. The molecule has 144 valence electrons. The van der Waals surface area contributed by atoms with Crippen LogP contribution in [0.1, 0.15) is 23.1 Å². The Morgan fingerprint density at radius 2 is 2.04 bits per heavy atom. The van der Waals surface area contributed by atoms with E-state index >= 15 is 0 Å². The van der Waals surface area contributed by atoms with Crippen LogP contribution in [0.3, 0.4) is 0 Å². The molecular weight excluding hydrogens is 360 g/mol. The quantitative estimate of drug-likeness (QED) is 0.489. The van der Waals surface area contributed by atoms with E-state index in [2.05, 4.69) is 10.5 Å². The van der Waals surface area contributed by atoms with Gasteiger partial charge in [-0.25, -0.2) is 5.43 Å². The third-order valence-electron chi connectivity index (χ3n) is 4.77. The van der Waals surface area contributed by atoms with Crippen LogP contribution < -0.4 is 10.3 Å². The standard InChI is InChI=1S/C20H20N4O4/c1-13-6-7-17(8-14(13)2)23-12-16(10-19(23)25)20(26)22-21-11-15-4-3-5-18(9-15)24(27)28/h3-9,11,16H,10,12H2,1-2H3,(H,22,26)/b21-11-/t16-/m1/s1. The number of hydrogen-bond acceptors (Lipinski definition) is 5. The Morgan fingerprint density at radius 1 is 1.25 bits per heavy atom. The summed E-state index contributed by atoms with van der Waals surface area (Å²) < 4.78 is 0. The number of nitro groups is 1. The Balaban J connectivity index is 1.62. The van der Waals surface area contributed by atoms with E-state index in [-0.39, 0.29) is 23.9 Å². The number of carbonyl (C=O) groups is 2. The third kappa shape index (κ3) is 4.22. The van der Waals surface area contributed by atoms with Gasteiger partial charge in [0, 0.05) is 36.3 Å². The van der Waals surface area contributed by atoms with Crippen molar-refractivity contribution in [2.75, 3.05) is 11.4 Å². The van der Waals surface area contributed by atoms with Gasteiger partial charge in [-0.15, -0.1) is 0 Å². The highest BCUT2D eigenvalue weighted by Gasteiger charge is 2.35. The van der Waals surface area contributed by atoms with Crippen molar-refractivity contribution in [1.29, 1.82) is 0 Å². The lowest BCUT2D eigenvalue weighted by atomic mass is 10.1. The summed E-state index contributed by atoms with van der Waals surface area (Å²) in [5.74, 6) is -0.969. The molecule has 0 bridgehead atoms. The molecule has 3 rings (SSSR count). The van der Waals surface area contributed by atoms with Crippen molar-refractivity contribution < 1.29 is 14.5 Å². The molecule has 1 atom stereocenters. The second kappa shape index (κ2) is 7.99. The second-order valence-electron chi connectivity index (χ2n) is 6.76. The van der Waals surface area contributed by atoms with Crippen LogP contribution in [-0.4, -0.2) is 29.5 Å². The SMILES string of the molecule is Cc1ccc(N2C[C@H](C(=O)N/N=C\c3cccc([N+](=O)[O-])c3)CC2=O)cc1C. The van der Waals surface area contributed by atoms with Crippen LogP contribution in [0.2, 0.25) is 0 Å². The van der Waals surface area contributed by atoms with Crippen LogP contribution in [0.15, 0.2) is 47.6 Å². The third-order valence-corrected chi connectivity index (χ3v) is 4.77. The van der Waals surface area contributed by atoms with Crippen LogP contribution in [0.5, 0.6) is 0 Å². The van der Waals surface area contributed by atoms with Gasteiger partial charge in [-0.05, 0) is 37.1 Å². The molecule has 1 N–H and O–H groups in total. The molecular formula is C20H20N4O4. The van der Waals surface area contributed by atoms with Gasteiger partial charge in [0.2, 0.25) is 11.8 Å². The minimum Gasteiger partial charge on any atom is -0.312 e. The molecule has 1 heterocycles. The number of rotatable bonds is 5. The van der Waals surface area contributed by atoms with E-state index < -0.39 is 10.8 Å². The number of hydrazone groups is 1. The molecule has 2 aromatic carbocycles. The van der Waals surface area contributed by atoms with Crippen LogP contribution in [0.4, 0.5) is 11.4 Å². The van der Waals surface area contributed by atoms with Gasteiger partial charge in [0.05, 0.1) is 17.1 Å². The molecule has 1 aliphatic heterocycles. The highest BCUT2D eigenvalue weighted by Crippen LogP contribution is 2.26. The topological polar surface area (TPSA) is 105 Å². The Hall–Kier alpha value is -3.55. The molecule has 1 aliphatic rings. The number of carbonyl (C=O) groups excluding carboxylic acids is 2. The van der Waals surface area contributed by atoms with Crippen LogP contribution in [0.25, 0.3) is 0 Å². The van der Waals surface area contributed by atoms with E-state index in [0.29, 0.717) is 12.1 Å². The lowest BCUT2D eigenvalue weighted by Gasteiger charge is -2.17. The second-order valence-corrected chi connectivity index (χ2v) is 6.76. The minimum atomic E-state index is -0.503. The van der Waals surface area contributed by atoms with Crippen molar-refractivity contribution in [1.82, 2.24) is 5.43 Å². The molecule has 2 aromatic rings. The van der Waals surface area contributed by atoms with Crippen molar-refractivity contribution in [3.63, 3.8) is 0 Å². The molecule has 8 heteroatoms. The average Bonchev–Trinajstić information content (AvgIpc) is 3.06. The monoisotopic (exact) mass is 380 g/mol. The summed E-state index contributed by atoms with van der Waals surface area (Å²) in [6.07, 6.45) is 1.45. The van der Waals surface area contributed by atoms with E-state index in [1.54, 1.807) is 17.0 Å². The van der Waals surface area contributed by atoms with Crippen LogP contribution in [0, 0.1) is 29.9 Å². The zero-order chi connectivity index (χ0) is 20.3. The normalized spacial score (nSPS) is 16.6. The highest BCUT2D eigenvalue weighted by atomic mass is 16.6. The van der Waals surface area contributed by atoms with Crippen molar-refractivity contribution in [2.45, 2.75) is 20.3 Å². The fourth-order valence-corrected chi connectivity index (χ4v) is 3.01. The predicted octanol–water partition coefficient (Wildman–Crippen LogP) is 2.71. The summed E-state index contributed by atoms with van der Waals surface area (Å²) in [6.45, 7) is 4.27. The van der Waals surface area contributed by atoms with Gasteiger partial charge < -0.3 is 4.90 Å². The highest BCUT2D eigenvalue weighted by molar-refractivity contribution is 6.00. The molecule has 2 amide bonds. The van der Waals surface area contributed by atoms with Gasteiger partial charge in [0.25, 0.3) is 5.69 Å². The van der Waals surface area contributed by atoms with Gasteiger partial charge in [-0.3, -0.25) is 19.7 Å². The van der Waals surface area contributed by atoms with Gasteiger partial charge in [-0.1, -0.05) is 18.2 Å². The largest absolute Gasteiger partial charge is 0.312 e. The van der Waals surface area contributed by atoms with Crippen molar-refractivity contribution in [2.24, 2.45) is 11.0 Å². The zero-order valence-corrected chi connectivity index (χ0v) is 15.6. The van der Waals surface area contributed by atoms with Crippen LogP contribution in [-0.2, 0) is 9.59 Å². The Kier molecular flexibility index (Phi) is 5.49. The summed E-state index contributed by atoms with van der Waals surface area (Å²) in [7, 11) is 0. The summed E-state index contributed by atoms with van der Waals surface area (Å²) in [5, 5.41) is 14.6. The van der Waals surface area contributed by atoms with Gasteiger partial charge in [0.15, 0.2) is 0 Å². The Labute approximate surface area is 162 Å². The molecule has 0 unspecified atom stereocenters. The lowest BCUT2D eigenvalue weighted by molar-refractivity contribution is -0.384. The van der Waals surface area contributed by atoms with E-state index in [4.69, 9.17) is 0 Å². The number of anilines is 1.